The van der Waals surface area contributed by atoms with Crippen molar-refractivity contribution in [1.29, 1.82) is 0 Å². The van der Waals surface area contributed by atoms with Gasteiger partial charge < -0.3 is 5.32 Å². The predicted octanol–water partition coefficient (Wildman–Crippen LogP) is 3.29. The Labute approximate surface area is 142 Å². The number of benzene rings is 2. The van der Waals surface area contributed by atoms with Crippen molar-refractivity contribution in [2.24, 2.45) is 0 Å². The van der Waals surface area contributed by atoms with Crippen LogP contribution in [-0.4, -0.2) is 26.1 Å². The molecular formula is C15H11Cl2N5O. The first-order chi connectivity index (χ1) is 11.1. The summed E-state index contributed by atoms with van der Waals surface area (Å²) >= 11 is 12.0. The van der Waals surface area contributed by atoms with E-state index in [1.807, 2.05) is 30.3 Å². The number of carbonyl (C=O) groups is 1. The van der Waals surface area contributed by atoms with Crippen LogP contribution in [0.4, 0.5) is 5.69 Å². The molecule has 1 N–H and O–H groups in total. The van der Waals surface area contributed by atoms with E-state index in [0.29, 0.717) is 21.6 Å². The number of rotatable bonds is 4. The van der Waals surface area contributed by atoms with Crippen LogP contribution in [0.5, 0.6) is 0 Å². The highest BCUT2D eigenvalue weighted by atomic mass is 35.5. The zero-order valence-corrected chi connectivity index (χ0v) is 13.3. The lowest BCUT2D eigenvalue weighted by molar-refractivity contribution is -0.117. The summed E-state index contributed by atoms with van der Waals surface area (Å²) in [5.41, 5.74) is 1.19. The van der Waals surface area contributed by atoms with Gasteiger partial charge >= 0.3 is 0 Å². The molecule has 3 aromatic rings. The van der Waals surface area contributed by atoms with Gasteiger partial charge in [0.25, 0.3) is 0 Å². The molecule has 0 saturated carbocycles. The van der Waals surface area contributed by atoms with E-state index < -0.39 is 0 Å². The summed E-state index contributed by atoms with van der Waals surface area (Å²) < 4.78 is 0. The molecular weight excluding hydrogens is 337 g/mol. The van der Waals surface area contributed by atoms with Crippen LogP contribution in [0.1, 0.15) is 0 Å². The number of amides is 1. The Kier molecular flexibility index (Phi) is 4.55. The highest BCUT2D eigenvalue weighted by Gasteiger charge is 2.12. The Hall–Kier alpha value is -2.44. The number of hydrogen-bond donors (Lipinski definition) is 1. The SMILES string of the molecule is O=C(Cn1nnc(-c2ccccc2)n1)Nc1c(Cl)cccc1Cl. The Morgan fingerprint density at radius 2 is 1.74 bits per heavy atom. The number of para-hydroxylation sites is 1. The maximum Gasteiger partial charge on any atom is 0.248 e. The van der Waals surface area contributed by atoms with Gasteiger partial charge in [-0.2, -0.15) is 4.80 Å². The molecule has 0 atom stereocenters. The minimum absolute atomic E-state index is 0.0958. The van der Waals surface area contributed by atoms with E-state index in [-0.39, 0.29) is 12.5 Å². The van der Waals surface area contributed by atoms with E-state index in [1.165, 1.54) is 4.80 Å². The lowest BCUT2D eigenvalue weighted by Crippen LogP contribution is -2.20. The highest BCUT2D eigenvalue weighted by Crippen LogP contribution is 2.29. The van der Waals surface area contributed by atoms with E-state index in [9.17, 15) is 4.79 Å². The zero-order valence-electron chi connectivity index (χ0n) is 11.8. The molecule has 6 nitrogen and oxygen atoms in total. The van der Waals surface area contributed by atoms with Gasteiger partial charge in [0.15, 0.2) is 0 Å². The summed E-state index contributed by atoms with van der Waals surface area (Å²) in [4.78, 5) is 13.3. The summed E-state index contributed by atoms with van der Waals surface area (Å²) in [5, 5.41) is 15.3. The van der Waals surface area contributed by atoms with Crippen molar-refractivity contribution in [3.05, 3.63) is 58.6 Å². The number of carbonyl (C=O) groups excluding carboxylic acids is 1. The second kappa shape index (κ2) is 6.76. The number of nitrogens with zero attached hydrogens (tertiary/aromatic N) is 4. The molecule has 0 spiro atoms. The fourth-order valence-corrected chi connectivity index (χ4v) is 2.43. The molecule has 0 aliphatic heterocycles. The van der Waals surface area contributed by atoms with E-state index in [0.717, 1.165) is 5.56 Å². The van der Waals surface area contributed by atoms with Crippen LogP contribution in [0.15, 0.2) is 48.5 Å². The lowest BCUT2D eigenvalue weighted by atomic mass is 10.2. The molecule has 2 aromatic carbocycles. The maximum absolute atomic E-state index is 12.1. The van der Waals surface area contributed by atoms with Crippen molar-refractivity contribution in [2.45, 2.75) is 6.54 Å². The number of anilines is 1. The van der Waals surface area contributed by atoms with Gasteiger partial charge in [0.1, 0.15) is 6.54 Å². The monoisotopic (exact) mass is 347 g/mol. The van der Waals surface area contributed by atoms with Crippen molar-refractivity contribution < 1.29 is 4.79 Å². The van der Waals surface area contributed by atoms with Crippen molar-refractivity contribution in [3.8, 4) is 11.4 Å². The third-order valence-corrected chi connectivity index (χ3v) is 3.63. The first kappa shape index (κ1) is 15.5. The summed E-state index contributed by atoms with van der Waals surface area (Å²) in [6.45, 7) is -0.0958. The van der Waals surface area contributed by atoms with Gasteiger partial charge in [0, 0.05) is 5.56 Å². The molecule has 1 heterocycles. The summed E-state index contributed by atoms with van der Waals surface area (Å²) in [5.74, 6) is 0.103. The smallest absolute Gasteiger partial charge is 0.248 e. The molecule has 0 aliphatic carbocycles. The molecule has 3 rings (SSSR count). The van der Waals surface area contributed by atoms with Gasteiger partial charge in [-0.15, -0.1) is 10.2 Å². The average Bonchev–Trinajstić information content (AvgIpc) is 3.00. The van der Waals surface area contributed by atoms with Crippen LogP contribution in [0, 0.1) is 0 Å². The minimum atomic E-state index is -0.350. The van der Waals surface area contributed by atoms with Crippen LogP contribution in [0.2, 0.25) is 10.0 Å². The Bertz CT molecular complexity index is 815. The van der Waals surface area contributed by atoms with Crippen molar-refractivity contribution in [2.75, 3.05) is 5.32 Å². The molecule has 116 valence electrons. The van der Waals surface area contributed by atoms with Crippen molar-refractivity contribution >= 4 is 34.8 Å². The van der Waals surface area contributed by atoms with Crippen molar-refractivity contribution in [1.82, 2.24) is 20.2 Å². The minimum Gasteiger partial charge on any atom is -0.322 e. The summed E-state index contributed by atoms with van der Waals surface area (Å²) in [6.07, 6.45) is 0. The van der Waals surface area contributed by atoms with Gasteiger partial charge in [-0.1, -0.05) is 59.6 Å². The molecule has 1 aromatic heterocycles. The molecule has 8 heteroatoms. The number of hydrogen-bond acceptors (Lipinski definition) is 4. The van der Waals surface area contributed by atoms with Gasteiger partial charge in [0.2, 0.25) is 11.7 Å². The molecule has 0 saturated heterocycles. The van der Waals surface area contributed by atoms with Crippen LogP contribution >= 0.6 is 23.2 Å². The molecule has 0 bridgehead atoms. The average molecular weight is 348 g/mol. The van der Waals surface area contributed by atoms with Crippen LogP contribution in [0.3, 0.4) is 0 Å². The van der Waals surface area contributed by atoms with Gasteiger partial charge in [-0.3, -0.25) is 4.79 Å². The first-order valence-corrected chi connectivity index (χ1v) is 7.46. The Morgan fingerprint density at radius 3 is 2.43 bits per heavy atom. The topological polar surface area (TPSA) is 72.7 Å². The van der Waals surface area contributed by atoms with E-state index in [4.69, 9.17) is 23.2 Å². The number of nitrogens with one attached hydrogen (secondary N) is 1. The molecule has 0 radical (unpaired) electrons. The van der Waals surface area contributed by atoms with Gasteiger partial charge in [-0.05, 0) is 17.3 Å². The third-order valence-electron chi connectivity index (χ3n) is 3.00. The van der Waals surface area contributed by atoms with E-state index >= 15 is 0 Å². The van der Waals surface area contributed by atoms with E-state index in [1.54, 1.807) is 18.2 Å². The second-order valence-corrected chi connectivity index (χ2v) is 5.47. The van der Waals surface area contributed by atoms with Gasteiger partial charge in [-0.25, -0.2) is 0 Å². The van der Waals surface area contributed by atoms with Crippen molar-refractivity contribution in [3.63, 3.8) is 0 Å². The number of halogens is 2. The number of aromatic nitrogens is 4. The second-order valence-electron chi connectivity index (χ2n) is 4.65. The largest absolute Gasteiger partial charge is 0.322 e. The lowest BCUT2D eigenvalue weighted by Gasteiger charge is -2.08. The fourth-order valence-electron chi connectivity index (χ4n) is 1.94. The highest BCUT2D eigenvalue weighted by molar-refractivity contribution is 6.39. The molecule has 0 fully saturated rings. The van der Waals surface area contributed by atoms with Crippen LogP contribution in [-0.2, 0) is 11.3 Å². The first-order valence-electron chi connectivity index (χ1n) is 6.70. The molecule has 1 amide bonds. The number of tetrazole rings is 1. The maximum atomic E-state index is 12.1. The normalized spacial score (nSPS) is 10.5. The molecule has 0 unspecified atom stereocenters. The van der Waals surface area contributed by atoms with Crippen LogP contribution < -0.4 is 5.32 Å². The summed E-state index contributed by atoms with van der Waals surface area (Å²) in [6, 6.07) is 14.4. The van der Waals surface area contributed by atoms with Crippen LogP contribution in [0.25, 0.3) is 11.4 Å². The van der Waals surface area contributed by atoms with E-state index in [2.05, 4.69) is 20.7 Å². The fraction of sp³-hybridized carbons (Fsp3) is 0.0667. The summed E-state index contributed by atoms with van der Waals surface area (Å²) in [7, 11) is 0. The Balaban J connectivity index is 1.70. The molecule has 23 heavy (non-hydrogen) atoms. The predicted molar refractivity (Wildman–Crippen MR) is 88.3 cm³/mol. The Morgan fingerprint density at radius 1 is 1.04 bits per heavy atom. The van der Waals surface area contributed by atoms with Gasteiger partial charge in [0.05, 0.1) is 15.7 Å². The molecule has 0 aliphatic rings. The quantitative estimate of drug-likeness (QED) is 0.785. The standard InChI is InChI=1S/C15H11Cl2N5O/c16-11-7-4-8-12(17)14(11)18-13(23)9-22-20-15(19-21-22)10-5-2-1-3-6-10/h1-8H,9H2,(H,18,23). The third kappa shape index (κ3) is 3.67. The zero-order chi connectivity index (χ0) is 16.2.